The molecule has 1 heterocycles. The van der Waals surface area contributed by atoms with Crippen LogP contribution in [0, 0.1) is 11.6 Å². The van der Waals surface area contributed by atoms with E-state index in [2.05, 4.69) is 10.3 Å². The molecule has 2 aromatic rings. The monoisotopic (exact) mass is 268 g/mol. The highest BCUT2D eigenvalue weighted by molar-refractivity contribution is 6.33. The molecule has 2 nitrogen and oxygen atoms in total. The molecule has 0 saturated heterocycles. The fourth-order valence-corrected chi connectivity index (χ4v) is 1.76. The molecule has 0 aliphatic rings. The predicted molar refractivity (Wildman–Crippen MR) is 67.6 cm³/mol. The third-order valence-corrected chi connectivity index (χ3v) is 2.86. The van der Waals surface area contributed by atoms with Crippen LogP contribution in [0.4, 0.5) is 14.5 Å². The van der Waals surface area contributed by atoms with Gasteiger partial charge in [-0.1, -0.05) is 11.6 Å². The molecular weight excluding hydrogens is 258 g/mol. The SMILES string of the molecule is CC(Nc1cc(F)ccc1Cl)c1cncc(F)c1. The molecule has 18 heavy (non-hydrogen) atoms. The van der Waals surface area contributed by atoms with Crippen molar-refractivity contribution in [1.29, 1.82) is 0 Å². The minimum absolute atomic E-state index is 0.229. The first kappa shape index (κ1) is 12.8. The van der Waals surface area contributed by atoms with Crippen LogP contribution < -0.4 is 5.32 Å². The lowest BCUT2D eigenvalue weighted by molar-refractivity contribution is 0.616. The molecule has 1 aromatic heterocycles. The number of hydrogen-bond acceptors (Lipinski definition) is 2. The predicted octanol–water partition coefficient (Wildman–Crippen LogP) is 4.19. The Labute approximate surface area is 109 Å². The summed E-state index contributed by atoms with van der Waals surface area (Å²) in [7, 11) is 0. The first-order chi connectivity index (χ1) is 8.56. The van der Waals surface area contributed by atoms with E-state index < -0.39 is 5.82 Å². The second kappa shape index (κ2) is 5.31. The van der Waals surface area contributed by atoms with E-state index in [4.69, 9.17) is 11.6 Å². The van der Waals surface area contributed by atoms with Gasteiger partial charge < -0.3 is 5.32 Å². The maximum Gasteiger partial charge on any atom is 0.141 e. The summed E-state index contributed by atoms with van der Waals surface area (Å²) < 4.78 is 26.1. The van der Waals surface area contributed by atoms with Gasteiger partial charge in [0.2, 0.25) is 0 Å². The Balaban J connectivity index is 2.21. The van der Waals surface area contributed by atoms with Crippen LogP contribution >= 0.6 is 11.6 Å². The summed E-state index contributed by atoms with van der Waals surface area (Å²) in [6.45, 7) is 1.82. The fraction of sp³-hybridized carbons (Fsp3) is 0.154. The summed E-state index contributed by atoms with van der Waals surface area (Å²) in [4.78, 5) is 3.76. The molecule has 0 amide bonds. The Bertz CT molecular complexity index is 560. The molecule has 0 aliphatic carbocycles. The van der Waals surface area contributed by atoms with E-state index in [1.54, 1.807) is 6.20 Å². The van der Waals surface area contributed by atoms with Crippen LogP contribution in [0.3, 0.4) is 0 Å². The smallest absolute Gasteiger partial charge is 0.141 e. The zero-order valence-corrected chi connectivity index (χ0v) is 10.4. The van der Waals surface area contributed by atoms with Gasteiger partial charge in [0.15, 0.2) is 0 Å². The molecule has 0 bridgehead atoms. The van der Waals surface area contributed by atoms with Crippen LogP contribution in [-0.4, -0.2) is 4.98 Å². The molecule has 0 fully saturated rings. The fourth-order valence-electron chi connectivity index (χ4n) is 1.59. The summed E-state index contributed by atoms with van der Waals surface area (Å²) in [6, 6.07) is 5.19. The molecule has 5 heteroatoms. The van der Waals surface area contributed by atoms with Crippen molar-refractivity contribution in [2.24, 2.45) is 0 Å². The van der Waals surface area contributed by atoms with E-state index in [0.29, 0.717) is 16.3 Å². The lowest BCUT2D eigenvalue weighted by atomic mass is 10.1. The molecule has 1 aromatic carbocycles. The lowest BCUT2D eigenvalue weighted by Crippen LogP contribution is -2.08. The first-order valence-corrected chi connectivity index (χ1v) is 5.76. The normalized spacial score (nSPS) is 12.2. The molecule has 0 spiro atoms. The number of aromatic nitrogens is 1. The highest BCUT2D eigenvalue weighted by atomic mass is 35.5. The van der Waals surface area contributed by atoms with E-state index in [-0.39, 0.29) is 11.9 Å². The van der Waals surface area contributed by atoms with Crippen molar-refractivity contribution in [1.82, 2.24) is 4.98 Å². The van der Waals surface area contributed by atoms with Gasteiger partial charge in [0.05, 0.1) is 22.9 Å². The Morgan fingerprint density at radius 3 is 2.67 bits per heavy atom. The van der Waals surface area contributed by atoms with Crippen LogP contribution in [0.15, 0.2) is 36.7 Å². The molecule has 0 saturated carbocycles. The number of nitrogens with one attached hydrogen (secondary N) is 1. The van der Waals surface area contributed by atoms with Gasteiger partial charge in [0.25, 0.3) is 0 Å². The van der Waals surface area contributed by atoms with Crippen LogP contribution in [0.25, 0.3) is 0 Å². The quantitative estimate of drug-likeness (QED) is 0.903. The zero-order chi connectivity index (χ0) is 13.1. The van der Waals surface area contributed by atoms with Crippen molar-refractivity contribution < 1.29 is 8.78 Å². The largest absolute Gasteiger partial charge is 0.377 e. The standard InChI is InChI=1S/C13H11ClF2N2/c1-8(9-4-11(16)7-17-6-9)18-13-5-10(15)2-3-12(13)14/h2-8,18H,1H3. The van der Waals surface area contributed by atoms with Gasteiger partial charge in [0, 0.05) is 6.20 Å². The maximum atomic E-state index is 13.1. The number of halogens is 3. The third-order valence-electron chi connectivity index (χ3n) is 2.53. The molecule has 0 aliphatic heterocycles. The Morgan fingerprint density at radius 2 is 1.94 bits per heavy atom. The molecule has 2 rings (SSSR count). The van der Waals surface area contributed by atoms with Crippen LogP contribution in [0.5, 0.6) is 0 Å². The number of hydrogen-bond donors (Lipinski definition) is 1. The number of anilines is 1. The molecule has 1 N–H and O–H groups in total. The molecule has 1 atom stereocenters. The third kappa shape index (κ3) is 2.96. The van der Waals surface area contributed by atoms with E-state index in [1.807, 2.05) is 6.92 Å². The van der Waals surface area contributed by atoms with E-state index >= 15 is 0 Å². The summed E-state index contributed by atoms with van der Waals surface area (Å²) >= 11 is 5.94. The number of pyridine rings is 1. The number of rotatable bonds is 3. The number of nitrogens with zero attached hydrogens (tertiary/aromatic N) is 1. The van der Waals surface area contributed by atoms with Crippen molar-refractivity contribution in [2.45, 2.75) is 13.0 Å². The first-order valence-electron chi connectivity index (χ1n) is 5.38. The Hall–Kier alpha value is -1.68. The van der Waals surface area contributed by atoms with Gasteiger partial charge in [-0.2, -0.15) is 0 Å². The average molecular weight is 269 g/mol. The maximum absolute atomic E-state index is 13.1. The van der Waals surface area contributed by atoms with E-state index in [0.717, 1.165) is 6.20 Å². The Morgan fingerprint density at radius 1 is 1.17 bits per heavy atom. The molecule has 0 radical (unpaired) electrons. The molecule has 1 unspecified atom stereocenters. The van der Waals surface area contributed by atoms with Gasteiger partial charge in [-0.15, -0.1) is 0 Å². The van der Waals surface area contributed by atoms with Gasteiger partial charge in [-0.3, -0.25) is 4.98 Å². The topological polar surface area (TPSA) is 24.9 Å². The highest BCUT2D eigenvalue weighted by Gasteiger charge is 2.09. The van der Waals surface area contributed by atoms with Crippen molar-refractivity contribution in [3.8, 4) is 0 Å². The van der Waals surface area contributed by atoms with Crippen molar-refractivity contribution in [2.75, 3.05) is 5.32 Å². The van der Waals surface area contributed by atoms with E-state index in [1.165, 1.54) is 24.3 Å². The summed E-state index contributed by atoms with van der Waals surface area (Å²) in [5.41, 5.74) is 1.13. The minimum atomic E-state index is -0.411. The second-order valence-corrected chi connectivity index (χ2v) is 4.33. The van der Waals surface area contributed by atoms with E-state index in [9.17, 15) is 8.78 Å². The molecule has 94 valence electrons. The summed E-state index contributed by atoms with van der Waals surface area (Å²) in [5, 5.41) is 3.43. The lowest BCUT2D eigenvalue weighted by Gasteiger charge is -2.16. The Kier molecular flexibility index (Phi) is 3.77. The summed E-state index contributed by atoms with van der Waals surface area (Å²) in [5.74, 6) is -0.794. The minimum Gasteiger partial charge on any atom is -0.377 e. The van der Waals surface area contributed by atoms with Crippen LogP contribution in [0.2, 0.25) is 5.02 Å². The van der Waals surface area contributed by atoms with Gasteiger partial charge in [0.1, 0.15) is 11.6 Å². The van der Waals surface area contributed by atoms with Crippen molar-refractivity contribution >= 4 is 17.3 Å². The van der Waals surface area contributed by atoms with Gasteiger partial charge >= 0.3 is 0 Å². The second-order valence-electron chi connectivity index (χ2n) is 3.93. The van der Waals surface area contributed by atoms with Crippen LogP contribution in [0.1, 0.15) is 18.5 Å². The zero-order valence-electron chi connectivity index (χ0n) is 9.62. The van der Waals surface area contributed by atoms with Gasteiger partial charge in [-0.05, 0) is 36.8 Å². The van der Waals surface area contributed by atoms with Crippen LogP contribution in [-0.2, 0) is 0 Å². The average Bonchev–Trinajstić information content (AvgIpc) is 2.34. The van der Waals surface area contributed by atoms with Gasteiger partial charge in [-0.25, -0.2) is 8.78 Å². The number of benzene rings is 1. The van der Waals surface area contributed by atoms with Crippen molar-refractivity contribution in [3.05, 3.63) is 58.9 Å². The summed E-state index contributed by atoms with van der Waals surface area (Å²) in [6.07, 6.45) is 2.68. The van der Waals surface area contributed by atoms with Crippen molar-refractivity contribution in [3.63, 3.8) is 0 Å². The highest BCUT2D eigenvalue weighted by Crippen LogP contribution is 2.26. The molecular formula is C13H11ClF2N2.